The Morgan fingerprint density at radius 2 is 2.08 bits per heavy atom. The fourth-order valence-corrected chi connectivity index (χ4v) is 2.07. The Hall–Kier alpha value is -0.370. The molecule has 0 spiro atoms. The summed E-state index contributed by atoms with van der Waals surface area (Å²) >= 11 is 0. The molecule has 0 aromatic rings. The molecule has 0 saturated heterocycles. The maximum absolute atomic E-state index is 11.0. The normalized spacial score (nSPS) is 34.5. The summed E-state index contributed by atoms with van der Waals surface area (Å²) in [5.41, 5.74) is -0.0531. The first-order valence-corrected chi connectivity index (χ1v) is 5.18. The summed E-state index contributed by atoms with van der Waals surface area (Å²) in [6.45, 7) is 2.98. The molecule has 0 unspecified atom stereocenters. The zero-order valence-corrected chi connectivity index (χ0v) is 8.71. The summed E-state index contributed by atoms with van der Waals surface area (Å²) < 4.78 is 5.04. The van der Waals surface area contributed by atoms with E-state index in [1.54, 1.807) is 7.11 Å². The second-order valence-electron chi connectivity index (χ2n) is 4.41. The fraction of sp³-hybridized carbons (Fsp3) is 0.909. The van der Waals surface area contributed by atoms with Crippen molar-refractivity contribution in [2.24, 2.45) is 11.3 Å². The number of aldehydes is 1. The smallest absolute Gasteiger partial charge is 0.126 e. The van der Waals surface area contributed by atoms with Gasteiger partial charge in [0.15, 0.2) is 0 Å². The number of ether oxygens (including phenoxy) is 1. The average molecular weight is 184 g/mol. The van der Waals surface area contributed by atoms with Crippen molar-refractivity contribution in [2.75, 3.05) is 13.7 Å². The van der Waals surface area contributed by atoms with Crippen LogP contribution >= 0.6 is 0 Å². The first kappa shape index (κ1) is 10.7. The maximum Gasteiger partial charge on any atom is 0.126 e. The number of carbonyl (C=O) groups excluding carboxylic acids is 1. The van der Waals surface area contributed by atoms with Gasteiger partial charge in [0.1, 0.15) is 6.29 Å². The minimum absolute atomic E-state index is 0.0531. The van der Waals surface area contributed by atoms with E-state index in [2.05, 4.69) is 6.92 Å². The third-order valence-electron chi connectivity index (χ3n) is 3.32. The second-order valence-corrected chi connectivity index (χ2v) is 4.41. The van der Waals surface area contributed by atoms with E-state index in [0.717, 1.165) is 31.5 Å². The monoisotopic (exact) mass is 184 g/mol. The van der Waals surface area contributed by atoms with Gasteiger partial charge in [0.25, 0.3) is 0 Å². The molecule has 0 amide bonds. The van der Waals surface area contributed by atoms with Crippen molar-refractivity contribution in [3.63, 3.8) is 0 Å². The number of hydrogen-bond donors (Lipinski definition) is 0. The van der Waals surface area contributed by atoms with Gasteiger partial charge in [-0.3, -0.25) is 0 Å². The number of rotatable bonds is 4. The van der Waals surface area contributed by atoms with Crippen LogP contribution in [0.2, 0.25) is 0 Å². The highest BCUT2D eigenvalue weighted by molar-refractivity contribution is 5.59. The van der Waals surface area contributed by atoms with Crippen LogP contribution in [0, 0.1) is 11.3 Å². The molecule has 2 heteroatoms. The molecule has 0 heterocycles. The summed E-state index contributed by atoms with van der Waals surface area (Å²) in [6.07, 6.45) is 6.57. The quantitative estimate of drug-likeness (QED) is 0.627. The van der Waals surface area contributed by atoms with Gasteiger partial charge in [0.2, 0.25) is 0 Å². The second kappa shape index (κ2) is 4.75. The molecule has 1 rings (SSSR count). The number of carbonyl (C=O) groups is 1. The van der Waals surface area contributed by atoms with Gasteiger partial charge in [-0.1, -0.05) is 6.92 Å². The standard InChI is InChI=1S/C11H20O2/c1-10-3-5-11(9-12,6-4-10)7-8-13-2/h9-10H,3-8H2,1-2H3. The average Bonchev–Trinajstić information content (AvgIpc) is 2.18. The zero-order valence-electron chi connectivity index (χ0n) is 8.71. The molecule has 1 saturated carbocycles. The summed E-state index contributed by atoms with van der Waals surface area (Å²) in [4.78, 5) is 11.0. The first-order valence-electron chi connectivity index (χ1n) is 5.18. The predicted octanol–water partition coefficient (Wildman–Crippen LogP) is 2.42. The molecule has 0 bridgehead atoms. The lowest BCUT2D eigenvalue weighted by molar-refractivity contribution is -0.119. The van der Waals surface area contributed by atoms with Gasteiger partial charge in [-0.2, -0.15) is 0 Å². The number of methoxy groups -OCH3 is 1. The summed E-state index contributed by atoms with van der Waals surface area (Å²) in [7, 11) is 1.70. The summed E-state index contributed by atoms with van der Waals surface area (Å²) in [5, 5.41) is 0. The molecule has 1 aliphatic carbocycles. The van der Waals surface area contributed by atoms with E-state index in [9.17, 15) is 4.79 Å². The van der Waals surface area contributed by atoms with Gasteiger partial charge in [0.05, 0.1) is 0 Å². The molecule has 76 valence electrons. The number of hydrogen-bond acceptors (Lipinski definition) is 2. The lowest BCUT2D eigenvalue weighted by Crippen LogP contribution is -2.29. The minimum atomic E-state index is -0.0531. The largest absolute Gasteiger partial charge is 0.385 e. The Bertz CT molecular complexity index is 152. The van der Waals surface area contributed by atoms with Gasteiger partial charge in [-0.15, -0.1) is 0 Å². The highest BCUT2D eigenvalue weighted by Crippen LogP contribution is 2.39. The third-order valence-corrected chi connectivity index (χ3v) is 3.32. The van der Waals surface area contributed by atoms with E-state index in [1.807, 2.05) is 0 Å². The van der Waals surface area contributed by atoms with Crippen molar-refractivity contribution in [2.45, 2.75) is 39.0 Å². The molecular weight excluding hydrogens is 164 g/mol. The van der Waals surface area contributed by atoms with Gasteiger partial charge in [-0.05, 0) is 38.0 Å². The highest BCUT2D eigenvalue weighted by Gasteiger charge is 2.33. The van der Waals surface area contributed by atoms with Gasteiger partial charge < -0.3 is 9.53 Å². The Morgan fingerprint density at radius 3 is 2.54 bits per heavy atom. The molecule has 0 aromatic heterocycles. The molecule has 0 aromatic carbocycles. The van der Waals surface area contributed by atoms with E-state index in [1.165, 1.54) is 12.8 Å². The van der Waals surface area contributed by atoms with Gasteiger partial charge in [-0.25, -0.2) is 0 Å². The minimum Gasteiger partial charge on any atom is -0.385 e. The fourth-order valence-electron chi connectivity index (χ4n) is 2.07. The van der Waals surface area contributed by atoms with Crippen LogP contribution in [0.25, 0.3) is 0 Å². The lowest BCUT2D eigenvalue weighted by atomic mass is 9.70. The van der Waals surface area contributed by atoms with Crippen molar-refractivity contribution in [1.82, 2.24) is 0 Å². The molecule has 2 nitrogen and oxygen atoms in total. The molecule has 1 fully saturated rings. The van der Waals surface area contributed by atoms with Crippen LogP contribution in [0.15, 0.2) is 0 Å². The van der Waals surface area contributed by atoms with Crippen molar-refractivity contribution >= 4 is 6.29 Å². The zero-order chi connectivity index (χ0) is 9.73. The van der Waals surface area contributed by atoms with Crippen LogP contribution in [0.3, 0.4) is 0 Å². The Labute approximate surface area is 80.7 Å². The Kier molecular flexibility index (Phi) is 3.91. The van der Waals surface area contributed by atoms with Crippen LogP contribution in [0.5, 0.6) is 0 Å². The van der Waals surface area contributed by atoms with Crippen LogP contribution < -0.4 is 0 Å². The van der Waals surface area contributed by atoms with Crippen LogP contribution in [0.4, 0.5) is 0 Å². The van der Waals surface area contributed by atoms with E-state index >= 15 is 0 Å². The van der Waals surface area contributed by atoms with Crippen LogP contribution in [-0.4, -0.2) is 20.0 Å². The van der Waals surface area contributed by atoms with Gasteiger partial charge in [0, 0.05) is 19.1 Å². The van der Waals surface area contributed by atoms with Crippen molar-refractivity contribution < 1.29 is 9.53 Å². The van der Waals surface area contributed by atoms with E-state index in [0.29, 0.717) is 6.61 Å². The van der Waals surface area contributed by atoms with Crippen molar-refractivity contribution in [3.8, 4) is 0 Å². The van der Waals surface area contributed by atoms with Crippen molar-refractivity contribution in [1.29, 1.82) is 0 Å². The first-order chi connectivity index (χ1) is 6.22. The highest BCUT2D eigenvalue weighted by atomic mass is 16.5. The Morgan fingerprint density at radius 1 is 1.46 bits per heavy atom. The summed E-state index contributed by atoms with van der Waals surface area (Å²) in [6, 6.07) is 0. The molecule has 0 atom stereocenters. The third kappa shape index (κ3) is 2.80. The molecule has 1 aliphatic rings. The van der Waals surface area contributed by atoms with Gasteiger partial charge >= 0.3 is 0 Å². The molecule has 0 aliphatic heterocycles. The van der Waals surface area contributed by atoms with Crippen molar-refractivity contribution in [3.05, 3.63) is 0 Å². The molecule has 0 radical (unpaired) electrons. The molecule has 13 heavy (non-hydrogen) atoms. The van der Waals surface area contributed by atoms with E-state index in [4.69, 9.17) is 4.74 Å². The van der Waals surface area contributed by atoms with Crippen LogP contribution in [0.1, 0.15) is 39.0 Å². The summed E-state index contributed by atoms with van der Waals surface area (Å²) in [5.74, 6) is 0.801. The predicted molar refractivity (Wildman–Crippen MR) is 52.6 cm³/mol. The molecular formula is C11H20O2. The maximum atomic E-state index is 11.0. The Balaban J connectivity index is 2.45. The van der Waals surface area contributed by atoms with E-state index < -0.39 is 0 Å². The van der Waals surface area contributed by atoms with E-state index in [-0.39, 0.29) is 5.41 Å². The van der Waals surface area contributed by atoms with Crippen LogP contribution in [-0.2, 0) is 9.53 Å². The SMILES string of the molecule is COCCC1(C=O)CCC(C)CC1. The molecule has 0 N–H and O–H groups in total. The topological polar surface area (TPSA) is 26.3 Å². The lowest BCUT2D eigenvalue weighted by Gasteiger charge is -2.34.